The first kappa shape index (κ1) is 26.1. The summed E-state index contributed by atoms with van der Waals surface area (Å²) in [7, 11) is -3.77. The largest absolute Gasteiger partial charge is 0.356 e. The number of piperidine rings is 2. The number of hydrogen-bond acceptors (Lipinski definition) is 7. The first-order valence-corrected chi connectivity index (χ1v) is 14.8. The second-order valence-corrected chi connectivity index (χ2v) is 12.5. The van der Waals surface area contributed by atoms with Crippen LogP contribution in [0, 0.1) is 18.8 Å². The van der Waals surface area contributed by atoms with E-state index in [1.807, 2.05) is 23.6 Å². The molecule has 2 fully saturated rings. The second kappa shape index (κ2) is 11.8. The monoisotopic (exact) mass is 520 g/mol. The number of hydrogen-bond donors (Lipinski definition) is 1. The Balaban J connectivity index is 1.27. The van der Waals surface area contributed by atoms with Crippen molar-refractivity contribution in [3.05, 3.63) is 33.8 Å². The number of sulfonamides is 1. The van der Waals surface area contributed by atoms with E-state index in [-0.39, 0.29) is 22.5 Å². The zero-order valence-electron chi connectivity index (χ0n) is 20.6. The predicted molar refractivity (Wildman–Crippen MR) is 138 cm³/mol. The van der Waals surface area contributed by atoms with Crippen molar-refractivity contribution in [3.8, 4) is 0 Å². The molecular weight excluding hydrogens is 484 g/mol. The molecule has 0 spiro atoms. The SMILES string of the molecule is Cc1noc(C=Cc2cccs2)c1S(=O)(=O)N1CCC(C(=O)NCCCN2CCCC(C)C2)CC1. The highest BCUT2D eigenvalue weighted by Crippen LogP contribution is 2.29. The zero-order valence-corrected chi connectivity index (χ0v) is 22.2. The van der Waals surface area contributed by atoms with Crippen molar-refractivity contribution in [2.24, 2.45) is 11.8 Å². The number of amides is 1. The standard InChI is InChI=1S/C25H36N4O4S2/c1-19-6-3-13-28(18-19)14-5-12-26-25(30)21-10-15-29(16-11-21)35(31,32)24-20(2)27-33-23(24)9-8-22-7-4-17-34-22/h4,7-9,17,19,21H,3,5-6,10-16,18H2,1-2H3,(H,26,30). The van der Waals surface area contributed by atoms with Gasteiger partial charge in [0, 0.05) is 37.0 Å². The van der Waals surface area contributed by atoms with Gasteiger partial charge in [0.05, 0.1) is 0 Å². The lowest BCUT2D eigenvalue weighted by molar-refractivity contribution is -0.126. The number of carbonyl (C=O) groups is 1. The van der Waals surface area contributed by atoms with Crippen LogP contribution >= 0.6 is 11.3 Å². The molecule has 2 aliphatic rings. The summed E-state index contributed by atoms with van der Waals surface area (Å²) in [5.41, 5.74) is 0.346. The Hall–Kier alpha value is -2.01. The van der Waals surface area contributed by atoms with Crippen molar-refractivity contribution >= 4 is 39.4 Å². The Morgan fingerprint density at radius 3 is 2.77 bits per heavy atom. The number of nitrogens with zero attached hydrogens (tertiary/aromatic N) is 3. The third-order valence-corrected chi connectivity index (χ3v) is 9.78. The van der Waals surface area contributed by atoms with Crippen LogP contribution in [-0.2, 0) is 14.8 Å². The molecule has 2 aromatic heterocycles. The number of aryl methyl sites for hydroxylation is 1. The smallest absolute Gasteiger partial charge is 0.248 e. The number of nitrogens with one attached hydrogen (secondary N) is 1. The van der Waals surface area contributed by atoms with E-state index in [1.54, 1.807) is 24.3 Å². The summed E-state index contributed by atoms with van der Waals surface area (Å²) in [6.07, 6.45) is 8.02. The van der Waals surface area contributed by atoms with E-state index in [9.17, 15) is 13.2 Å². The highest BCUT2D eigenvalue weighted by atomic mass is 32.2. The molecule has 4 rings (SSSR count). The van der Waals surface area contributed by atoms with Crippen LogP contribution in [-0.4, -0.2) is 68.0 Å². The highest BCUT2D eigenvalue weighted by Gasteiger charge is 2.35. The van der Waals surface area contributed by atoms with Crippen molar-refractivity contribution in [1.82, 2.24) is 19.7 Å². The number of likely N-dealkylation sites (tertiary alicyclic amines) is 1. The van der Waals surface area contributed by atoms with Crippen molar-refractivity contribution in [3.63, 3.8) is 0 Å². The second-order valence-electron chi connectivity index (χ2n) is 9.68. The average Bonchev–Trinajstić information content (AvgIpc) is 3.50. The van der Waals surface area contributed by atoms with Crippen LogP contribution in [0.3, 0.4) is 0 Å². The topological polar surface area (TPSA) is 95.8 Å². The molecule has 0 bridgehead atoms. The molecule has 8 nitrogen and oxygen atoms in total. The van der Waals surface area contributed by atoms with Gasteiger partial charge in [0.15, 0.2) is 10.7 Å². The molecule has 0 aromatic carbocycles. The number of rotatable bonds is 9. The summed E-state index contributed by atoms with van der Waals surface area (Å²) in [6.45, 7) is 8.55. The predicted octanol–water partition coefficient (Wildman–Crippen LogP) is 3.85. The van der Waals surface area contributed by atoms with Crippen molar-refractivity contribution in [2.45, 2.75) is 50.8 Å². The number of thiophene rings is 1. The summed E-state index contributed by atoms with van der Waals surface area (Å²) < 4.78 is 33.6. The first-order chi connectivity index (χ1) is 16.8. The fraction of sp³-hybridized carbons (Fsp3) is 0.600. The Labute approximate surface area is 212 Å². The zero-order chi connectivity index (χ0) is 24.8. The van der Waals surface area contributed by atoms with E-state index in [2.05, 4.69) is 22.3 Å². The van der Waals surface area contributed by atoms with Crippen molar-refractivity contribution in [2.75, 3.05) is 39.3 Å². The quantitative estimate of drug-likeness (QED) is 0.505. The summed E-state index contributed by atoms with van der Waals surface area (Å²) >= 11 is 1.56. The Morgan fingerprint density at radius 2 is 2.06 bits per heavy atom. The molecule has 10 heteroatoms. The molecule has 1 atom stereocenters. The van der Waals surface area contributed by atoms with Gasteiger partial charge in [-0.05, 0) is 81.6 Å². The van der Waals surface area contributed by atoms with Gasteiger partial charge in [-0.15, -0.1) is 11.3 Å². The van der Waals surface area contributed by atoms with E-state index in [1.165, 1.54) is 17.1 Å². The van der Waals surface area contributed by atoms with Gasteiger partial charge in [-0.2, -0.15) is 4.31 Å². The third kappa shape index (κ3) is 6.61. The fourth-order valence-electron chi connectivity index (χ4n) is 4.98. The molecular formula is C25H36N4O4S2. The van der Waals surface area contributed by atoms with E-state index < -0.39 is 10.0 Å². The molecule has 0 radical (unpaired) electrons. The van der Waals surface area contributed by atoms with Crippen molar-refractivity contribution in [1.29, 1.82) is 0 Å². The molecule has 192 valence electrons. The third-order valence-electron chi connectivity index (χ3n) is 6.89. The number of carbonyl (C=O) groups excluding carboxylic acids is 1. The van der Waals surface area contributed by atoms with Crippen LogP contribution < -0.4 is 5.32 Å². The van der Waals surface area contributed by atoms with E-state index in [0.29, 0.717) is 38.2 Å². The minimum Gasteiger partial charge on any atom is -0.356 e. The molecule has 2 aromatic rings. The van der Waals surface area contributed by atoms with Gasteiger partial charge >= 0.3 is 0 Å². The maximum Gasteiger partial charge on any atom is 0.248 e. The maximum atomic E-state index is 13.4. The van der Waals surface area contributed by atoms with Gasteiger partial charge in [-0.25, -0.2) is 8.42 Å². The van der Waals surface area contributed by atoms with Crippen LogP contribution in [0.15, 0.2) is 26.9 Å². The maximum absolute atomic E-state index is 13.4. The van der Waals surface area contributed by atoms with E-state index in [4.69, 9.17) is 4.52 Å². The van der Waals surface area contributed by atoms with Crippen LogP contribution in [0.5, 0.6) is 0 Å². The van der Waals surface area contributed by atoms with Crippen molar-refractivity contribution < 1.29 is 17.7 Å². The Morgan fingerprint density at radius 1 is 1.26 bits per heavy atom. The van der Waals surface area contributed by atoms with Crippen LogP contribution in [0.25, 0.3) is 12.2 Å². The molecule has 1 unspecified atom stereocenters. The lowest BCUT2D eigenvalue weighted by Gasteiger charge is -2.31. The highest BCUT2D eigenvalue weighted by molar-refractivity contribution is 7.89. The molecule has 0 aliphatic carbocycles. The molecule has 4 heterocycles. The van der Waals surface area contributed by atoms with Gasteiger partial charge in [0.2, 0.25) is 15.9 Å². The molecule has 1 amide bonds. The molecule has 2 saturated heterocycles. The lowest BCUT2D eigenvalue weighted by atomic mass is 9.97. The summed E-state index contributed by atoms with van der Waals surface area (Å²) in [6, 6.07) is 3.88. The van der Waals surface area contributed by atoms with E-state index >= 15 is 0 Å². The minimum absolute atomic E-state index is 0.0368. The first-order valence-electron chi connectivity index (χ1n) is 12.5. The minimum atomic E-state index is -3.77. The normalized spacial score (nSPS) is 21.0. The Bertz CT molecular complexity index is 1100. The molecule has 2 aliphatic heterocycles. The average molecular weight is 521 g/mol. The fourth-order valence-corrected chi connectivity index (χ4v) is 7.32. The summed E-state index contributed by atoms with van der Waals surface area (Å²) in [5, 5.41) is 8.93. The summed E-state index contributed by atoms with van der Waals surface area (Å²) in [5.74, 6) is 0.876. The lowest BCUT2D eigenvalue weighted by Crippen LogP contribution is -2.43. The Kier molecular flexibility index (Phi) is 8.80. The van der Waals surface area contributed by atoms with Gasteiger partial charge in [0.1, 0.15) is 5.69 Å². The van der Waals surface area contributed by atoms with Gasteiger partial charge in [0.25, 0.3) is 0 Å². The van der Waals surface area contributed by atoms with Gasteiger partial charge < -0.3 is 14.7 Å². The van der Waals surface area contributed by atoms with Crippen LogP contribution in [0.1, 0.15) is 55.4 Å². The van der Waals surface area contributed by atoms with Gasteiger partial charge in [-0.3, -0.25) is 4.79 Å². The molecule has 1 N–H and O–H groups in total. The van der Waals surface area contributed by atoms with E-state index in [0.717, 1.165) is 36.9 Å². The molecule has 0 saturated carbocycles. The van der Waals surface area contributed by atoms with Crippen LogP contribution in [0.2, 0.25) is 0 Å². The number of aromatic nitrogens is 1. The van der Waals surface area contributed by atoms with Gasteiger partial charge in [-0.1, -0.05) is 18.1 Å². The van der Waals surface area contributed by atoms with Crippen LogP contribution in [0.4, 0.5) is 0 Å². The summed E-state index contributed by atoms with van der Waals surface area (Å²) in [4.78, 5) is 16.3. The molecule has 35 heavy (non-hydrogen) atoms.